The van der Waals surface area contributed by atoms with E-state index in [4.69, 9.17) is 18.7 Å². The number of nitrogens with zero attached hydrogens (tertiary/aromatic N) is 2. The number of rotatable bonds is 11. The zero-order valence-corrected chi connectivity index (χ0v) is 17.5. The van der Waals surface area contributed by atoms with Crippen LogP contribution in [0.2, 0.25) is 0 Å². The summed E-state index contributed by atoms with van der Waals surface area (Å²) in [4.78, 5) is 26.7. The van der Waals surface area contributed by atoms with Crippen LogP contribution in [-0.4, -0.2) is 68.9 Å². The van der Waals surface area contributed by atoms with Gasteiger partial charge in [-0.05, 0) is 31.0 Å². The van der Waals surface area contributed by atoms with Crippen LogP contribution in [0.5, 0.6) is 11.5 Å². The number of carbonyl (C=O) groups excluding carboxylic acids is 2. The number of amides is 2. The summed E-state index contributed by atoms with van der Waals surface area (Å²) in [5.74, 6) is 1.25. The molecule has 0 bridgehead atoms. The number of ether oxygens (including phenoxy) is 3. The summed E-state index contributed by atoms with van der Waals surface area (Å²) in [7, 11) is 4.70. The Kier molecular flexibility index (Phi) is 7.29. The molecule has 0 spiro atoms. The van der Waals surface area contributed by atoms with Crippen molar-refractivity contribution in [1.29, 1.82) is 0 Å². The lowest BCUT2D eigenvalue weighted by Gasteiger charge is -2.20. The van der Waals surface area contributed by atoms with Crippen LogP contribution in [0.25, 0.3) is 11.3 Å². The molecule has 9 nitrogen and oxygen atoms in total. The molecule has 0 saturated heterocycles. The van der Waals surface area contributed by atoms with Crippen molar-refractivity contribution in [2.24, 2.45) is 0 Å². The minimum Gasteiger partial charge on any atom is -0.497 e. The molecule has 0 aliphatic heterocycles. The fraction of sp³-hybridized carbons (Fsp3) is 0.476. The van der Waals surface area contributed by atoms with E-state index >= 15 is 0 Å². The van der Waals surface area contributed by atoms with Gasteiger partial charge < -0.3 is 29.0 Å². The van der Waals surface area contributed by atoms with Gasteiger partial charge in [0.15, 0.2) is 11.5 Å². The van der Waals surface area contributed by atoms with Crippen molar-refractivity contribution in [1.82, 2.24) is 15.4 Å². The van der Waals surface area contributed by atoms with Crippen LogP contribution in [0, 0.1) is 0 Å². The normalized spacial score (nSPS) is 13.0. The van der Waals surface area contributed by atoms with Crippen molar-refractivity contribution in [2.45, 2.75) is 25.3 Å². The van der Waals surface area contributed by atoms with Crippen LogP contribution in [0.4, 0.5) is 0 Å². The largest absolute Gasteiger partial charge is 0.497 e. The first-order valence-corrected chi connectivity index (χ1v) is 9.83. The molecule has 2 aromatic rings. The molecule has 1 aliphatic carbocycles. The van der Waals surface area contributed by atoms with E-state index in [1.165, 1.54) is 0 Å². The second-order valence-corrected chi connectivity index (χ2v) is 6.97. The van der Waals surface area contributed by atoms with Crippen LogP contribution >= 0.6 is 0 Å². The summed E-state index contributed by atoms with van der Waals surface area (Å²) in [6.07, 6.45) is 2.07. The Morgan fingerprint density at radius 1 is 1.20 bits per heavy atom. The third-order valence-corrected chi connectivity index (χ3v) is 4.86. The molecule has 1 saturated carbocycles. The SMILES string of the molecule is COCCNC(=O)CCN(C(=O)c1cc(-c2cc(OC)ccc2OC)on1)C1CC1. The van der Waals surface area contributed by atoms with Crippen LogP contribution in [0.1, 0.15) is 29.8 Å². The summed E-state index contributed by atoms with van der Waals surface area (Å²) in [6, 6.07) is 7.02. The van der Waals surface area contributed by atoms with Gasteiger partial charge in [0.25, 0.3) is 5.91 Å². The Bertz CT molecular complexity index is 877. The standard InChI is InChI=1S/C21H27N3O6/c1-27-11-9-22-20(25)8-10-24(14-4-5-14)21(26)17-13-19(30-23-17)16-12-15(28-2)6-7-18(16)29-3/h6-7,12-14H,4-5,8-11H2,1-3H3,(H,22,25). The zero-order valence-electron chi connectivity index (χ0n) is 17.5. The molecule has 9 heteroatoms. The van der Waals surface area contributed by atoms with E-state index in [9.17, 15) is 9.59 Å². The van der Waals surface area contributed by atoms with Gasteiger partial charge in [-0.2, -0.15) is 0 Å². The van der Waals surface area contributed by atoms with E-state index < -0.39 is 0 Å². The van der Waals surface area contributed by atoms with Crippen molar-refractivity contribution in [3.63, 3.8) is 0 Å². The van der Waals surface area contributed by atoms with Crippen molar-refractivity contribution >= 4 is 11.8 Å². The number of methoxy groups -OCH3 is 3. The quantitative estimate of drug-likeness (QED) is 0.559. The number of nitrogens with one attached hydrogen (secondary N) is 1. The molecule has 0 unspecified atom stereocenters. The molecule has 1 aromatic heterocycles. The van der Waals surface area contributed by atoms with E-state index in [0.717, 1.165) is 12.8 Å². The smallest absolute Gasteiger partial charge is 0.276 e. The van der Waals surface area contributed by atoms with Gasteiger partial charge in [0, 0.05) is 38.7 Å². The predicted octanol–water partition coefficient (Wildman–Crippen LogP) is 2.12. The third-order valence-electron chi connectivity index (χ3n) is 4.86. The molecule has 0 atom stereocenters. The van der Waals surface area contributed by atoms with Crippen LogP contribution in [0.15, 0.2) is 28.8 Å². The average Bonchev–Trinajstić information content (AvgIpc) is 3.48. The molecule has 1 aliphatic rings. The van der Waals surface area contributed by atoms with Crippen molar-refractivity contribution < 1.29 is 28.3 Å². The zero-order chi connectivity index (χ0) is 21.5. The maximum Gasteiger partial charge on any atom is 0.276 e. The molecule has 1 N–H and O–H groups in total. The Morgan fingerprint density at radius 2 is 2.00 bits per heavy atom. The molecule has 3 rings (SSSR count). The molecule has 1 heterocycles. The maximum absolute atomic E-state index is 13.0. The van der Waals surface area contributed by atoms with Gasteiger partial charge in [-0.15, -0.1) is 0 Å². The second-order valence-electron chi connectivity index (χ2n) is 6.97. The first kappa shape index (κ1) is 21.6. The lowest BCUT2D eigenvalue weighted by Crippen LogP contribution is -2.37. The van der Waals surface area contributed by atoms with Crippen molar-refractivity contribution in [2.75, 3.05) is 41.0 Å². The lowest BCUT2D eigenvalue weighted by molar-refractivity contribution is -0.121. The summed E-state index contributed by atoms with van der Waals surface area (Å²) >= 11 is 0. The van der Waals surface area contributed by atoms with E-state index in [0.29, 0.717) is 42.5 Å². The Hall–Kier alpha value is -3.07. The van der Waals surface area contributed by atoms with Gasteiger partial charge in [0.1, 0.15) is 11.5 Å². The monoisotopic (exact) mass is 417 g/mol. The summed E-state index contributed by atoms with van der Waals surface area (Å²) in [5.41, 5.74) is 0.834. The molecule has 1 fully saturated rings. The topological polar surface area (TPSA) is 103 Å². The Labute approximate surface area is 175 Å². The molecule has 2 amide bonds. The highest BCUT2D eigenvalue weighted by Crippen LogP contribution is 2.34. The summed E-state index contributed by atoms with van der Waals surface area (Å²) in [5, 5.41) is 6.73. The molecule has 0 radical (unpaired) electrons. The average molecular weight is 417 g/mol. The van der Waals surface area contributed by atoms with Crippen molar-refractivity contribution in [3.8, 4) is 22.8 Å². The number of hydrogen-bond acceptors (Lipinski definition) is 7. The van der Waals surface area contributed by atoms with Gasteiger partial charge in [-0.3, -0.25) is 9.59 Å². The molecular weight excluding hydrogens is 390 g/mol. The minimum absolute atomic E-state index is 0.118. The lowest BCUT2D eigenvalue weighted by atomic mass is 10.1. The first-order chi connectivity index (χ1) is 14.6. The minimum atomic E-state index is -0.251. The van der Waals surface area contributed by atoms with Gasteiger partial charge in [0.05, 0.1) is 26.4 Å². The van der Waals surface area contributed by atoms with Gasteiger partial charge >= 0.3 is 0 Å². The van der Waals surface area contributed by atoms with Crippen molar-refractivity contribution in [3.05, 3.63) is 30.0 Å². The Morgan fingerprint density at radius 3 is 2.67 bits per heavy atom. The second kappa shape index (κ2) is 10.1. The van der Waals surface area contributed by atoms with E-state index in [-0.39, 0.29) is 30.0 Å². The van der Waals surface area contributed by atoms with Crippen LogP contribution < -0.4 is 14.8 Å². The molecule has 162 valence electrons. The van der Waals surface area contributed by atoms with Crippen LogP contribution in [0.3, 0.4) is 0 Å². The third kappa shape index (κ3) is 5.29. The maximum atomic E-state index is 13.0. The molecular formula is C21H27N3O6. The first-order valence-electron chi connectivity index (χ1n) is 9.83. The highest BCUT2D eigenvalue weighted by atomic mass is 16.5. The fourth-order valence-electron chi connectivity index (χ4n) is 3.10. The number of benzene rings is 1. The number of hydrogen-bond donors (Lipinski definition) is 1. The predicted molar refractivity (Wildman–Crippen MR) is 109 cm³/mol. The number of aromatic nitrogens is 1. The summed E-state index contributed by atoms with van der Waals surface area (Å²) < 4.78 is 21.0. The van der Waals surface area contributed by atoms with E-state index in [1.807, 2.05) is 0 Å². The molecule has 30 heavy (non-hydrogen) atoms. The molecule has 1 aromatic carbocycles. The Balaban J connectivity index is 1.70. The fourth-order valence-corrected chi connectivity index (χ4v) is 3.10. The van der Waals surface area contributed by atoms with Gasteiger partial charge in [-0.1, -0.05) is 5.16 Å². The summed E-state index contributed by atoms with van der Waals surface area (Å²) in [6.45, 7) is 1.22. The highest BCUT2D eigenvalue weighted by Gasteiger charge is 2.34. The van der Waals surface area contributed by atoms with Gasteiger partial charge in [0.2, 0.25) is 5.91 Å². The van der Waals surface area contributed by atoms with Crippen LogP contribution in [-0.2, 0) is 9.53 Å². The van der Waals surface area contributed by atoms with E-state index in [1.54, 1.807) is 50.5 Å². The van der Waals surface area contributed by atoms with E-state index in [2.05, 4.69) is 10.5 Å². The number of carbonyl (C=O) groups is 2. The highest BCUT2D eigenvalue weighted by molar-refractivity contribution is 5.94. The van der Waals surface area contributed by atoms with Gasteiger partial charge in [-0.25, -0.2) is 0 Å².